The molecule has 0 aliphatic carbocycles. The summed E-state index contributed by atoms with van der Waals surface area (Å²) in [5.41, 5.74) is 0.922. The standard InChI is InChI=1S/C19H16ClN5O3S/c20-14-5-3-13(4-6-14)17-8-7-15(28-17)10-21-18(26)12-29-19-22-23-24-25(19)11-16-2-1-9-27-16/h1-9H,10-12H2,(H,21,26). The summed E-state index contributed by atoms with van der Waals surface area (Å²) in [7, 11) is 0. The van der Waals surface area contributed by atoms with E-state index in [2.05, 4.69) is 20.8 Å². The molecule has 3 heterocycles. The van der Waals surface area contributed by atoms with Crippen LogP contribution < -0.4 is 5.32 Å². The van der Waals surface area contributed by atoms with E-state index in [-0.39, 0.29) is 11.7 Å². The lowest BCUT2D eigenvalue weighted by Crippen LogP contribution is -2.24. The van der Waals surface area contributed by atoms with Gasteiger partial charge in [-0.05, 0) is 59.0 Å². The van der Waals surface area contributed by atoms with Crippen molar-refractivity contribution in [2.75, 3.05) is 5.75 Å². The van der Waals surface area contributed by atoms with Crippen molar-refractivity contribution < 1.29 is 13.6 Å². The van der Waals surface area contributed by atoms with E-state index in [0.717, 1.165) is 17.1 Å². The highest BCUT2D eigenvalue weighted by Gasteiger charge is 2.12. The molecule has 0 atom stereocenters. The van der Waals surface area contributed by atoms with Gasteiger partial charge in [-0.2, -0.15) is 0 Å². The molecule has 1 amide bonds. The summed E-state index contributed by atoms with van der Waals surface area (Å²) in [6.45, 7) is 0.703. The Kier molecular flexibility index (Phi) is 5.97. The number of rotatable bonds is 8. The van der Waals surface area contributed by atoms with Crippen molar-refractivity contribution in [3.63, 3.8) is 0 Å². The lowest BCUT2D eigenvalue weighted by Gasteiger charge is -2.04. The van der Waals surface area contributed by atoms with Gasteiger partial charge in [0.25, 0.3) is 0 Å². The van der Waals surface area contributed by atoms with E-state index in [4.69, 9.17) is 20.4 Å². The highest BCUT2D eigenvalue weighted by Crippen LogP contribution is 2.24. The largest absolute Gasteiger partial charge is 0.467 e. The second kappa shape index (κ2) is 8.97. The van der Waals surface area contributed by atoms with Gasteiger partial charge in [-0.3, -0.25) is 4.79 Å². The SMILES string of the molecule is O=C(CSc1nnnn1Cc1ccco1)NCc1ccc(-c2ccc(Cl)cc2)o1. The first kappa shape index (κ1) is 19.3. The fraction of sp³-hybridized carbons (Fsp3) is 0.158. The molecule has 0 aliphatic heterocycles. The predicted octanol–water partition coefficient (Wildman–Crippen LogP) is 3.64. The van der Waals surface area contributed by atoms with Crippen molar-refractivity contribution in [3.8, 4) is 11.3 Å². The normalized spacial score (nSPS) is 10.9. The predicted molar refractivity (Wildman–Crippen MR) is 107 cm³/mol. The first-order valence-electron chi connectivity index (χ1n) is 8.70. The van der Waals surface area contributed by atoms with Gasteiger partial charge in [-0.1, -0.05) is 23.4 Å². The molecule has 3 aromatic heterocycles. The number of aromatic nitrogens is 4. The van der Waals surface area contributed by atoms with E-state index in [9.17, 15) is 4.79 Å². The van der Waals surface area contributed by atoms with Crippen molar-refractivity contribution in [2.45, 2.75) is 18.2 Å². The molecular weight excluding hydrogens is 414 g/mol. The van der Waals surface area contributed by atoms with Crippen LogP contribution in [0.15, 0.2) is 68.8 Å². The third-order valence-corrected chi connectivity index (χ3v) is 5.18. The molecular formula is C19H16ClN5O3S. The van der Waals surface area contributed by atoms with Gasteiger partial charge in [-0.25, -0.2) is 4.68 Å². The maximum Gasteiger partial charge on any atom is 0.230 e. The van der Waals surface area contributed by atoms with Crippen LogP contribution in [0.25, 0.3) is 11.3 Å². The van der Waals surface area contributed by atoms with Crippen molar-refractivity contribution in [3.05, 3.63) is 71.3 Å². The Hall–Kier alpha value is -3.04. The fourth-order valence-corrected chi connectivity index (χ4v) is 3.39. The van der Waals surface area contributed by atoms with Gasteiger partial charge < -0.3 is 14.2 Å². The van der Waals surface area contributed by atoms with Gasteiger partial charge in [0, 0.05) is 10.6 Å². The number of nitrogens with one attached hydrogen (secondary N) is 1. The maximum atomic E-state index is 12.2. The number of hydrogen-bond donors (Lipinski definition) is 1. The molecule has 0 fully saturated rings. The van der Waals surface area contributed by atoms with E-state index in [0.29, 0.717) is 29.0 Å². The molecule has 1 N–H and O–H groups in total. The molecule has 4 rings (SSSR count). The van der Waals surface area contributed by atoms with Crippen LogP contribution in [0.2, 0.25) is 5.02 Å². The summed E-state index contributed by atoms with van der Waals surface area (Å²) >= 11 is 7.15. The highest BCUT2D eigenvalue weighted by molar-refractivity contribution is 7.99. The third kappa shape index (κ3) is 5.07. The summed E-state index contributed by atoms with van der Waals surface area (Å²) in [4.78, 5) is 12.2. The van der Waals surface area contributed by atoms with Crippen LogP contribution in [-0.2, 0) is 17.9 Å². The molecule has 0 unspecified atom stereocenters. The smallest absolute Gasteiger partial charge is 0.230 e. The highest BCUT2D eigenvalue weighted by atomic mass is 35.5. The lowest BCUT2D eigenvalue weighted by molar-refractivity contribution is -0.118. The minimum atomic E-state index is -0.146. The Morgan fingerprint density at radius 2 is 2.00 bits per heavy atom. The molecule has 0 radical (unpaired) electrons. The van der Waals surface area contributed by atoms with Crippen molar-refractivity contribution in [1.29, 1.82) is 0 Å². The Bertz CT molecular complexity index is 1080. The molecule has 0 saturated heterocycles. The van der Waals surface area contributed by atoms with Gasteiger partial charge in [0.05, 0.1) is 18.6 Å². The second-order valence-electron chi connectivity index (χ2n) is 6.04. The zero-order chi connectivity index (χ0) is 20.1. The van der Waals surface area contributed by atoms with E-state index in [1.807, 2.05) is 30.3 Å². The van der Waals surface area contributed by atoms with Gasteiger partial charge in [0.1, 0.15) is 23.8 Å². The van der Waals surface area contributed by atoms with Crippen LogP contribution >= 0.6 is 23.4 Å². The quantitative estimate of drug-likeness (QED) is 0.427. The molecule has 1 aromatic carbocycles. The number of furan rings is 2. The lowest BCUT2D eigenvalue weighted by atomic mass is 10.2. The number of benzene rings is 1. The van der Waals surface area contributed by atoms with Crippen molar-refractivity contribution in [1.82, 2.24) is 25.5 Å². The van der Waals surface area contributed by atoms with E-state index < -0.39 is 0 Å². The number of amides is 1. The number of tetrazole rings is 1. The zero-order valence-corrected chi connectivity index (χ0v) is 16.7. The minimum absolute atomic E-state index is 0.146. The first-order chi connectivity index (χ1) is 14.2. The Balaban J connectivity index is 1.27. The van der Waals surface area contributed by atoms with E-state index >= 15 is 0 Å². The second-order valence-corrected chi connectivity index (χ2v) is 7.42. The number of nitrogens with zero attached hydrogens (tertiary/aromatic N) is 4. The number of carbonyl (C=O) groups excluding carboxylic acids is 1. The van der Waals surface area contributed by atoms with Gasteiger partial charge in [0.2, 0.25) is 11.1 Å². The van der Waals surface area contributed by atoms with E-state index in [1.165, 1.54) is 11.8 Å². The minimum Gasteiger partial charge on any atom is -0.467 e. The number of carbonyl (C=O) groups is 1. The molecule has 0 spiro atoms. The van der Waals surface area contributed by atoms with E-state index in [1.54, 1.807) is 29.1 Å². The van der Waals surface area contributed by atoms with Crippen LogP contribution in [0, 0.1) is 0 Å². The summed E-state index contributed by atoms with van der Waals surface area (Å²) in [6, 6.07) is 14.7. The molecule has 29 heavy (non-hydrogen) atoms. The summed E-state index contributed by atoms with van der Waals surface area (Å²) < 4.78 is 12.7. The van der Waals surface area contributed by atoms with Crippen LogP contribution in [0.3, 0.4) is 0 Å². The van der Waals surface area contributed by atoms with Crippen molar-refractivity contribution >= 4 is 29.3 Å². The van der Waals surface area contributed by atoms with Crippen LogP contribution in [0.4, 0.5) is 0 Å². The number of halogens is 1. The first-order valence-corrected chi connectivity index (χ1v) is 10.1. The van der Waals surface area contributed by atoms with Crippen LogP contribution in [0.1, 0.15) is 11.5 Å². The van der Waals surface area contributed by atoms with Crippen molar-refractivity contribution in [2.24, 2.45) is 0 Å². The molecule has 0 saturated carbocycles. The van der Waals surface area contributed by atoms with Gasteiger partial charge in [-0.15, -0.1) is 5.10 Å². The monoisotopic (exact) mass is 429 g/mol. The summed E-state index contributed by atoms with van der Waals surface area (Å²) in [5.74, 6) is 2.15. The Morgan fingerprint density at radius 1 is 1.14 bits per heavy atom. The van der Waals surface area contributed by atoms with Crippen LogP contribution in [-0.4, -0.2) is 31.9 Å². The molecule has 0 aliphatic rings. The molecule has 8 nitrogen and oxygen atoms in total. The number of hydrogen-bond acceptors (Lipinski definition) is 7. The molecule has 10 heteroatoms. The number of thioether (sulfide) groups is 1. The third-order valence-electron chi connectivity index (χ3n) is 3.97. The summed E-state index contributed by atoms with van der Waals surface area (Å²) in [5, 5.41) is 15.6. The fourth-order valence-electron chi connectivity index (χ4n) is 2.56. The summed E-state index contributed by atoms with van der Waals surface area (Å²) in [6.07, 6.45) is 1.59. The molecule has 4 aromatic rings. The Morgan fingerprint density at radius 3 is 2.79 bits per heavy atom. The van der Waals surface area contributed by atoms with Gasteiger partial charge >= 0.3 is 0 Å². The van der Waals surface area contributed by atoms with Gasteiger partial charge in [0.15, 0.2) is 0 Å². The molecule has 148 valence electrons. The maximum absolute atomic E-state index is 12.2. The topological polar surface area (TPSA) is 99.0 Å². The van der Waals surface area contributed by atoms with Crippen LogP contribution in [0.5, 0.6) is 0 Å². The average Bonchev–Trinajstić information content (AvgIpc) is 3.48. The zero-order valence-electron chi connectivity index (χ0n) is 15.1. The average molecular weight is 430 g/mol. The molecule has 0 bridgehead atoms. The Labute approximate surface area is 175 Å².